The summed E-state index contributed by atoms with van der Waals surface area (Å²) in [5, 5.41) is 5.62. The average molecular weight is 392 g/mol. The van der Waals surface area contributed by atoms with E-state index in [0.29, 0.717) is 10.4 Å². The van der Waals surface area contributed by atoms with Gasteiger partial charge in [0.05, 0.1) is 17.0 Å². The third-order valence-electron chi connectivity index (χ3n) is 3.59. The maximum Gasteiger partial charge on any atom is 0.341 e. The van der Waals surface area contributed by atoms with Gasteiger partial charge in [0, 0.05) is 11.6 Å². The van der Waals surface area contributed by atoms with E-state index in [0.717, 1.165) is 11.3 Å². The van der Waals surface area contributed by atoms with Gasteiger partial charge >= 0.3 is 5.97 Å². The molecule has 0 radical (unpaired) electrons. The van der Waals surface area contributed by atoms with Crippen molar-refractivity contribution in [3.05, 3.63) is 51.7 Å². The number of hydrogen-bond acceptors (Lipinski definition) is 5. The van der Waals surface area contributed by atoms with Gasteiger partial charge in [-0.3, -0.25) is 9.59 Å². The fraction of sp³-hybridized carbons (Fsp3) is 0.316. The van der Waals surface area contributed by atoms with Crippen LogP contribution in [-0.2, 0) is 4.74 Å². The van der Waals surface area contributed by atoms with Crippen molar-refractivity contribution in [1.29, 1.82) is 0 Å². The lowest BCUT2D eigenvalue weighted by Gasteiger charge is -2.07. The first-order chi connectivity index (χ1) is 12.7. The second-order valence-electron chi connectivity index (χ2n) is 6.07. The second-order valence-corrected chi connectivity index (χ2v) is 7.09. The summed E-state index contributed by atoms with van der Waals surface area (Å²) in [7, 11) is 0. The number of carbonyl (C=O) groups is 3. The van der Waals surface area contributed by atoms with Crippen molar-refractivity contribution in [2.45, 2.75) is 33.7 Å². The number of amides is 2. The van der Waals surface area contributed by atoms with Crippen LogP contribution in [0, 0.1) is 12.7 Å². The summed E-state index contributed by atoms with van der Waals surface area (Å²) in [5.41, 5.74) is 0.808. The normalized spacial score (nSPS) is 10.6. The van der Waals surface area contributed by atoms with Crippen LogP contribution in [0.5, 0.6) is 0 Å². The highest BCUT2D eigenvalue weighted by atomic mass is 32.1. The monoisotopic (exact) mass is 392 g/mol. The first-order valence-corrected chi connectivity index (χ1v) is 9.24. The zero-order valence-electron chi connectivity index (χ0n) is 15.5. The van der Waals surface area contributed by atoms with Gasteiger partial charge in [-0.15, -0.1) is 11.3 Å². The standard InChI is InChI=1S/C19H21FN2O4S/c1-5-26-19(25)14-11(4)15(17(24)21-10(2)3)27-18(14)22-16(23)12-6-8-13(20)9-7-12/h6-10H,5H2,1-4H3,(H,21,24)(H,22,23). The van der Waals surface area contributed by atoms with Crippen LogP contribution in [0.2, 0.25) is 0 Å². The van der Waals surface area contributed by atoms with Crippen LogP contribution in [0.1, 0.15) is 56.7 Å². The molecule has 1 aromatic carbocycles. The number of carbonyl (C=O) groups excluding carboxylic acids is 3. The largest absolute Gasteiger partial charge is 0.462 e. The Morgan fingerprint density at radius 2 is 1.78 bits per heavy atom. The molecule has 27 heavy (non-hydrogen) atoms. The topological polar surface area (TPSA) is 84.5 Å². The molecular weight excluding hydrogens is 371 g/mol. The van der Waals surface area contributed by atoms with Crippen molar-refractivity contribution >= 4 is 34.1 Å². The molecule has 0 saturated heterocycles. The molecule has 2 amide bonds. The van der Waals surface area contributed by atoms with Crippen molar-refractivity contribution in [3.63, 3.8) is 0 Å². The van der Waals surface area contributed by atoms with Gasteiger partial charge in [-0.25, -0.2) is 9.18 Å². The third kappa shape index (κ3) is 4.91. The minimum atomic E-state index is -0.621. The van der Waals surface area contributed by atoms with Gasteiger partial charge in [-0.2, -0.15) is 0 Å². The van der Waals surface area contributed by atoms with Crippen molar-refractivity contribution in [1.82, 2.24) is 5.32 Å². The van der Waals surface area contributed by atoms with Gasteiger partial charge in [-0.05, 0) is 57.5 Å². The van der Waals surface area contributed by atoms with E-state index in [4.69, 9.17) is 4.74 Å². The van der Waals surface area contributed by atoms with E-state index in [1.807, 2.05) is 13.8 Å². The van der Waals surface area contributed by atoms with Crippen LogP contribution in [0.4, 0.5) is 9.39 Å². The molecule has 0 aliphatic heterocycles. The molecule has 0 atom stereocenters. The number of thiophene rings is 1. The molecule has 0 bridgehead atoms. The number of rotatable bonds is 6. The molecule has 144 valence electrons. The van der Waals surface area contributed by atoms with E-state index in [-0.39, 0.29) is 34.7 Å². The summed E-state index contributed by atoms with van der Waals surface area (Å²) in [6.07, 6.45) is 0. The Morgan fingerprint density at radius 1 is 1.15 bits per heavy atom. The number of anilines is 1. The zero-order chi connectivity index (χ0) is 20.1. The summed E-state index contributed by atoms with van der Waals surface area (Å²) in [6, 6.07) is 4.93. The number of halogens is 1. The molecule has 1 aromatic heterocycles. The minimum Gasteiger partial charge on any atom is -0.462 e. The molecule has 8 heteroatoms. The number of hydrogen-bond donors (Lipinski definition) is 2. The molecule has 2 N–H and O–H groups in total. The Kier molecular flexibility index (Phi) is 6.68. The van der Waals surface area contributed by atoms with Crippen LogP contribution in [-0.4, -0.2) is 30.4 Å². The van der Waals surface area contributed by atoms with Crippen LogP contribution in [0.3, 0.4) is 0 Å². The van der Waals surface area contributed by atoms with Crippen molar-refractivity contribution in [3.8, 4) is 0 Å². The summed E-state index contributed by atoms with van der Waals surface area (Å²) >= 11 is 0.998. The second kappa shape index (κ2) is 8.77. The van der Waals surface area contributed by atoms with E-state index in [9.17, 15) is 18.8 Å². The lowest BCUT2D eigenvalue weighted by molar-refractivity contribution is 0.0527. The predicted octanol–water partition coefficient (Wildman–Crippen LogP) is 3.76. The van der Waals surface area contributed by atoms with Gasteiger partial charge in [0.2, 0.25) is 0 Å². The Labute approximate surface area is 160 Å². The van der Waals surface area contributed by atoms with E-state index >= 15 is 0 Å². The molecular formula is C19H21FN2O4S. The lowest BCUT2D eigenvalue weighted by atomic mass is 10.1. The summed E-state index contributed by atoms with van der Waals surface area (Å²) in [5.74, 6) is -1.93. The molecule has 0 spiro atoms. The lowest BCUT2D eigenvalue weighted by Crippen LogP contribution is -2.29. The quantitative estimate of drug-likeness (QED) is 0.733. The highest BCUT2D eigenvalue weighted by Crippen LogP contribution is 2.34. The van der Waals surface area contributed by atoms with Crippen molar-refractivity contribution < 1.29 is 23.5 Å². The van der Waals surface area contributed by atoms with E-state index in [2.05, 4.69) is 10.6 Å². The fourth-order valence-corrected chi connectivity index (χ4v) is 3.46. The Hall–Kier alpha value is -2.74. The van der Waals surface area contributed by atoms with Gasteiger partial charge in [0.25, 0.3) is 11.8 Å². The highest BCUT2D eigenvalue weighted by Gasteiger charge is 2.27. The van der Waals surface area contributed by atoms with Crippen LogP contribution in [0.15, 0.2) is 24.3 Å². The number of benzene rings is 1. The van der Waals surface area contributed by atoms with Crippen molar-refractivity contribution in [2.75, 3.05) is 11.9 Å². The molecule has 0 aliphatic carbocycles. The molecule has 6 nitrogen and oxygen atoms in total. The minimum absolute atomic E-state index is 0.0812. The first kappa shape index (κ1) is 20.6. The molecule has 0 unspecified atom stereocenters. The zero-order valence-corrected chi connectivity index (χ0v) is 16.3. The Morgan fingerprint density at radius 3 is 2.33 bits per heavy atom. The molecule has 2 rings (SSSR count). The summed E-state index contributed by atoms with van der Waals surface area (Å²) in [6.45, 7) is 7.11. The highest BCUT2D eigenvalue weighted by molar-refractivity contribution is 7.18. The van der Waals surface area contributed by atoms with Crippen LogP contribution in [0.25, 0.3) is 0 Å². The number of nitrogens with one attached hydrogen (secondary N) is 2. The van der Waals surface area contributed by atoms with Gasteiger partial charge in [0.1, 0.15) is 10.8 Å². The predicted molar refractivity (Wildman–Crippen MR) is 102 cm³/mol. The average Bonchev–Trinajstić information content (AvgIpc) is 2.91. The molecule has 0 saturated carbocycles. The number of ether oxygens (including phenoxy) is 1. The number of esters is 1. The Bertz CT molecular complexity index is 859. The first-order valence-electron chi connectivity index (χ1n) is 8.42. The van der Waals surface area contributed by atoms with Crippen molar-refractivity contribution in [2.24, 2.45) is 0 Å². The van der Waals surface area contributed by atoms with Crippen LogP contribution >= 0.6 is 11.3 Å². The molecule has 2 aromatic rings. The van der Waals surface area contributed by atoms with E-state index < -0.39 is 17.7 Å². The maximum absolute atomic E-state index is 13.0. The van der Waals surface area contributed by atoms with Gasteiger partial charge < -0.3 is 15.4 Å². The summed E-state index contributed by atoms with van der Waals surface area (Å²) in [4.78, 5) is 37.5. The van der Waals surface area contributed by atoms with Gasteiger partial charge in [-0.1, -0.05) is 0 Å². The van der Waals surface area contributed by atoms with E-state index in [1.165, 1.54) is 24.3 Å². The third-order valence-corrected chi connectivity index (χ3v) is 4.79. The van der Waals surface area contributed by atoms with Gasteiger partial charge in [0.15, 0.2) is 0 Å². The maximum atomic E-state index is 13.0. The Balaban J connectivity index is 2.40. The SMILES string of the molecule is CCOC(=O)c1c(NC(=O)c2ccc(F)cc2)sc(C(=O)NC(C)C)c1C. The summed E-state index contributed by atoms with van der Waals surface area (Å²) < 4.78 is 18.1. The van der Waals surface area contributed by atoms with Crippen LogP contribution < -0.4 is 10.6 Å². The molecule has 0 aliphatic rings. The fourth-order valence-electron chi connectivity index (χ4n) is 2.37. The molecule has 1 heterocycles. The van der Waals surface area contributed by atoms with E-state index in [1.54, 1.807) is 13.8 Å². The smallest absolute Gasteiger partial charge is 0.341 e. The molecule has 0 fully saturated rings.